The predicted molar refractivity (Wildman–Crippen MR) is 72.2 cm³/mol. The summed E-state index contributed by atoms with van der Waals surface area (Å²) in [5.74, 6) is -0.417. The molecule has 2 rings (SSSR count). The molecule has 0 aliphatic heterocycles. The Kier molecular flexibility index (Phi) is 4.26. The normalized spacial score (nSPS) is 9.90. The number of esters is 1. The molecule has 0 aliphatic rings. The van der Waals surface area contributed by atoms with Gasteiger partial charge < -0.3 is 9.47 Å². The smallest absolute Gasteiger partial charge is 0.377 e. The van der Waals surface area contributed by atoms with E-state index >= 15 is 0 Å². The molecule has 20 heavy (non-hydrogen) atoms. The first kappa shape index (κ1) is 13.9. The van der Waals surface area contributed by atoms with E-state index in [0.29, 0.717) is 11.3 Å². The Balaban J connectivity index is 2.07. The highest BCUT2D eigenvalue weighted by Crippen LogP contribution is 2.15. The molecule has 1 heterocycles. The molecular weight excluding hydrogens is 282 g/mol. The molecule has 1 aromatic heterocycles. The summed E-state index contributed by atoms with van der Waals surface area (Å²) < 4.78 is 13.3. The molecule has 1 aromatic carbocycles. The van der Waals surface area contributed by atoms with Crippen LogP contribution in [0.25, 0.3) is 0 Å². The number of carbonyl (C=O) groups excluding carboxylic acids is 2. The zero-order chi connectivity index (χ0) is 14.5. The first-order valence-electron chi connectivity index (χ1n) is 5.51. The predicted octanol–water partition coefficient (Wildman–Crippen LogP) is 1.59. The van der Waals surface area contributed by atoms with Crippen LogP contribution in [0.15, 0.2) is 24.3 Å². The lowest BCUT2D eigenvalue weighted by atomic mass is 10.2. The fourth-order valence-electron chi connectivity index (χ4n) is 1.36. The molecule has 0 bridgehead atoms. The van der Waals surface area contributed by atoms with E-state index in [1.165, 1.54) is 7.11 Å². The van der Waals surface area contributed by atoms with Crippen molar-refractivity contribution in [1.82, 2.24) is 9.36 Å². The van der Waals surface area contributed by atoms with Crippen molar-refractivity contribution in [2.75, 3.05) is 19.5 Å². The van der Waals surface area contributed by atoms with E-state index in [9.17, 15) is 9.59 Å². The molecule has 104 valence electrons. The fourth-order valence-corrected chi connectivity index (χ4v) is 1.91. The van der Waals surface area contributed by atoms with E-state index in [1.54, 1.807) is 31.4 Å². The van der Waals surface area contributed by atoms with Crippen LogP contribution >= 0.6 is 11.5 Å². The van der Waals surface area contributed by atoms with Crippen molar-refractivity contribution in [1.29, 1.82) is 0 Å². The second-order valence-corrected chi connectivity index (χ2v) is 4.35. The van der Waals surface area contributed by atoms with E-state index in [-0.39, 0.29) is 16.9 Å². The molecule has 7 nitrogen and oxygen atoms in total. The number of nitrogens with one attached hydrogen (secondary N) is 1. The van der Waals surface area contributed by atoms with Gasteiger partial charge in [-0.05, 0) is 24.3 Å². The third-order valence-electron chi connectivity index (χ3n) is 2.37. The molecule has 0 radical (unpaired) electrons. The second kappa shape index (κ2) is 6.11. The number of amides is 1. The summed E-state index contributed by atoms with van der Waals surface area (Å²) in [4.78, 5) is 27.0. The van der Waals surface area contributed by atoms with Crippen LogP contribution in [-0.2, 0) is 4.74 Å². The minimum atomic E-state index is -0.647. The summed E-state index contributed by atoms with van der Waals surface area (Å²) in [6.45, 7) is 0. The van der Waals surface area contributed by atoms with Gasteiger partial charge in [-0.1, -0.05) is 0 Å². The van der Waals surface area contributed by atoms with Gasteiger partial charge >= 0.3 is 5.97 Å². The monoisotopic (exact) mass is 293 g/mol. The summed E-state index contributed by atoms with van der Waals surface area (Å²) in [6.07, 6.45) is 0. The number of carbonyl (C=O) groups is 2. The van der Waals surface area contributed by atoms with E-state index in [4.69, 9.17) is 4.74 Å². The Morgan fingerprint density at radius 3 is 2.50 bits per heavy atom. The Morgan fingerprint density at radius 1 is 1.20 bits per heavy atom. The lowest BCUT2D eigenvalue weighted by Gasteiger charge is -2.02. The van der Waals surface area contributed by atoms with Crippen molar-refractivity contribution < 1.29 is 19.1 Å². The van der Waals surface area contributed by atoms with E-state index in [0.717, 1.165) is 11.5 Å². The zero-order valence-electron chi connectivity index (χ0n) is 10.7. The van der Waals surface area contributed by atoms with Crippen LogP contribution in [0.4, 0.5) is 5.13 Å². The molecule has 0 aliphatic carbocycles. The number of hydrogen-bond acceptors (Lipinski definition) is 7. The van der Waals surface area contributed by atoms with Gasteiger partial charge in [0.15, 0.2) is 0 Å². The molecule has 0 atom stereocenters. The molecule has 1 N–H and O–H groups in total. The molecule has 0 fully saturated rings. The minimum absolute atomic E-state index is 0.0810. The van der Waals surface area contributed by atoms with Gasteiger partial charge in [-0.15, -0.1) is 0 Å². The van der Waals surface area contributed by atoms with E-state index in [2.05, 4.69) is 19.4 Å². The maximum Gasteiger partial charge on any atom is 0.377 e. The third-order valence-corrected chi connectivity index (χ3v) is 3.00. The van der Waals surface area contributed by atoms with Crippen molar-refractivity contribution in [3.05, 3.63) is 35.7 Å². The van der Waals surface area contributed by atoms with Crippen molar-refractivity contribution in [2.24, 2.45) is 0 Å². The van der Waals surface area contributed by atoms with Crippen LogP contribution in [0.2, 0.25) is 0 Å². The number of aromatic nitrogens is 2. The maximum absolute atomic E-state index is 11.9. The number of hydrogen-bond donors (Lipinski definition) is 1. The number of anilines is 1. The standard InChI is InChI=1S/C12H11N3O4S/c1-18-8-5-3-7(4-6-8)10(16)14-12-13-9(15-20-12)11(17)19-2/h3-6H,1-2H3,(H,13,14,15,16). The average Bonchev–Trinajstić information content (AvgIpc) is 2.95. The van der Waals surface area contributed by atoms with Gasteiger partial charge in [-0.2, -0.15) is 9.36 Å². The maximum atomic E-state index is 11.9. The molecule has 0 saturated heterocycles. The molecule has 0 unspecified atom stereocenters. The van der Waals surface area contributed by atoms with Crippen LogP contribution in [0.1, 0.15) is 21.0 Å². The molecule has 2 aromatic rings. The summed E-state index contributed by atoms with van der Waals surface area (Å²) in [7, 11) is 2.78. The number of benzene rings is 1. The highest BCUT2D eigenvalue weighted by molar-refractivity contribution is 7.10. The van der Waals surface area contributed by atoms with Gasteiger partial charge in [0, 0.05) is 17.1 Å². The summed E-state index contributed by atoms with van der Waals surface area (Å²) >= 11 is 0.905. The molecule has 0 spiro atoms. The number of ether oxygens (including phenoxy) is 2. The molecule has 8 heteroatoms. The largest absolute Gasteiger partial charge is 0.497 e. The quantitative estimate of drug-likeness (QED) is 0.861. The highest BCUT2D eigenvalue weighted by Gasteiger charge is 2.15. The molecule has 1 amide bonds. The SMILES string of the molecule is COC(=O)c1nsc(NC(=O)c2ccc(OC)cc2)n1. The Hall–Kier alpha value is -2.48. The average molecular weight is 293 g/mol. The number of rotatable bonds is 4. The van der Waals surface area contributed by atoms with Crippen LogP contribution in [0.5, 0.6) is 5.75 Å². The first-order valence-corrected chi connectivity index (χ1v) is 6.29. The van der Waals surface area contributed by atoms with Gasteiger partial charge in [0.1, 0.15) is 5.75 Å². The van der Waals surface area contributed by atoms with Gasteiger partial charge in [-0.3, -0.25) is 10.1 Å². The fraction of sp³-hybridized carbons (Fsp3) is 0.167. The molecule has 0 saturated carbocycles. The van der Waals surface area contributed by atoms with E-state index in [1.807, 2.05) is 0 Å². The Morgan fingerprint density at radius 2 is 1.90 bits per heavy atom. The number of nitrogens with zero attached hydrogens (tertiary/aromatic N) is 2. The van der Waals surface area contributed by atoms with Crippen molar-refractivity contribution >= 4 is 28.5 Å². The summed E-state index contributed by atoms with van der Waals surface area (Å²) in [5.41, 5.74) is 0.445. The van der Waals surface area contributed by atoms with Gasteiger partial charge in [-0.25, -0.2) is 4.79 Å². The van der Waals surface area contributed by atoms with Gasteiger partial charge in [0.25, 0.3) is 11.7 Å². The van der Waals surface area contributed by atoms with Crippen LogP contribution < -0.4 is 10.1 Å². The first-order chi connectivity index (χ1) is 9.63. The van der Waals surface area contributed by atoms with Gasteiger partial charge in [0.05, 0.1) is 14.2 Å². The third kappa shape index (κ3) is 3.09. The van der Waals surface area contributed by atoms with Crippen molar-refractivity contribution in [2.45, 2.75) is 0 Å². The van der Waals surface area contributed by atoms with Crippen LogP contribution in [0, 0.1) is 0 Å². The lowest BCUT2D eigenvalue weighted by molar-refractivity contribution is 0.0588. The zero-order valence-corrected chi connectivity index (χ0v) is 11.6. The molecular formula is C12H11N3O4S. The number of methoxy groups -OCH3 is 2. The summed E-state index contributed by atoms with van der Waals surface area (Å²) in [5, 5.41) is 2.78. The van der Waals surface area contributed by atoms with Gasteiger partial charge in [0.2, 0.25) is 5.13 Å². The highest BCUT2D eigenvalue weighted by atomic mass is 32.1. The summed E-state index contributed by atoms with van der Waals surface area (Å²) in [6, 6.07) is 6.59. The Labute approximate surface area is 118 Å². The van der Waals surface area contributed by atoms with E-state index < -0.39 is 5.97 Å². The lowest BCUT2D eigenvalue weighted by Crippen LogP contribution is -2.12. The topological polar surface area (TPSA) is 90.4 Å². The van der Waals surface area contributed by atoms with Crippen molar-refractivity contribution in [3.8, 4) is 5.75 Å². The van der Waals surface area contributed by atoms with Crippen LogP contribution in [0.3, 0.4) is 0 Å². The van der Waals surface area contributed by atoms with Crippen LogP contribution in [-0.4, -0.2) is 35.5 Å². The van der Waals surface area contributed by atoms with Crippen molar-refractivity contribution in [3.63, 3.8) is 0 Å². The second-order valence-electron chi connectivity index (χ2n) is 3.60. The Bertz CT molecular complexity index is 624. The minimum Gasteiger partial charge on any atom is -0.497 e.